The van der Waals surface area contributed by atoms with Crippen molar-refractivity contribution in [3.63, 3.8) is 0 Å². The van der Waals surface area contributed by atoms with Crippen molar-refractivity contribution >= 4 is 23.8 Å². The monoisotopic (exact) mass is 289 g/mol. The molecule has 6 heteroatoms. The van der Waals surface area contributed by atoms with Crippen molar-refractivity contribution < 1.29 is 14.4 Å². The Bertz CT molecular complexity index is 551. The third kappa shape index (κ3) is 3.59. The minimum atomic E-state index is -0.309. The molecule has 0 radical (unpaired) electrons. The van der Waals surface area contributed by atoms with E-state index in [4.69, 9.17) is 0 Å². The van der Waals surface area contributed by atoms with Gasteiger partial charge in [0.05, 0.1) is 6.54 Å². The molecule has 21 heavy (non-hydrogen) atoms. The van der Waals surface area contributed by atoms with Gasteiger partial charge in [0, 0.05) is 37.0 Å². The first kappa shape index (κ1) is 15.0. The van der Waals surface area contributed by atoms with Gasteiger partial charge in [0.25, 0.3) is 5.91 Å². The SMILES string of the molecule is CNC(=O)c1ccc(NCC(=O)N2CCCC2)cc1C=O. The summed E-state index contributed by atoms with van der Waals surface area (Å²) in [5.74, 6) is -0.257. The van der Waals surface area contributed by atoms with Crippen molar-refractivity contribution in [2.24, 2.45) is 0 Å². The minimum Gasteiger partial charge on any atom is -0.376 e. The Hall–Kier alpha value is -2.37. The van der Waals surface area contributed by atoms with Crippen LogP contribution in [0.2, 0.25) is 0 Å². The molecule has 6 nitrogen and oxygen atoms in total. The smallest absolute Gasteiger partial charge is 0.251 e. The lowest BCUT2D eigenvalue weighted by atomic mass is 10.1. The van der Waals surface area contributed by atoms with Gasteiger partial charge in [-0.1, -0.05) is 0 Å². The maximum Gasteiger partial charge on any atom is 0.251 e. The second kappa shape index (κ2) is 6.88. The van der Waals surface area contributed by atoms with Crippen LogP contribution in [0.3, 0.4) is 0 Å². The van der Waals surface area contributed by atoms with Crippen molar-refractivity contribution in [3.05, 3.63) is 29.3 Å². The molecule has 1 saturated heterocycles. The molecule has 0 unspecified atom stereocenters. The van der Waals surface area contributed by atoms with Crippen molar-refractivity contribution in [2.45, 2.75) is 12.8 Å². The summed E-state index contributed by atoms with van der Waals surface area (Å²) in [7, 11) is 1.51. The first-order chi connectivity index (χ1) is 10.2. The molecule has 2 rings (SSSR count). The highest BCUT2D eigenvalue weighted by Gasteiger charge is 2.17. The Kier molecular flexibility index (Phi) is 4.92. The number of nitrogens with one attached hydrogen (secondary N) is 2. The van der Waals surface area contributed by atoms with E-state index in [0.29, 0.717) is 23.1 Å². The summed E-state index contributed by atoms with van der Waals surface area (Å²) in [4.78, 5) is 36.4. The fourth-order valence-electron chi connectivity index (χ4n) is 2.37. The molecular weight excluding hydrogens is 270 g/mol. The predicted octanol–water partition coefficient (Wildman–Crippen LogP) is 0.893. The average Bonchev–Trinajstić information content (AvgIpc) is 3.06. The Morgan fingerprint density at radius 3 is 2.62 bits per heavy atom. The first-order valence-electron chi connectivity index (χ1n) is 6.98. The van der Waals surface area contributed by atoms with E-state index in [-0.39, 0.29) is 18.4 Å². The number of rotatable bonds is 5. The average molecular weight is 289 g/mol. The summed E-state index contributed by atoms with van der Waals surface area (Å²) < 4.78 is 0. The van der Waals surface area contributed by atoms with Gasteiger partial charge in [-0.15, -0.1) is 0 Å². The molecule has 0 aromatic heterocycles. The molecule has 1 aliphatic rings. The van der Waals surface area contributed by atoms with Gasteiger partial charge in [0.2, 0.25) is 5.91 Å². The third-order valence-electron chi connectivity index (χ3n) is 3.55. The van der Waals surface area contributed by atoms with Crippen LogP contribution in [0.4, 0.5) is 5.69 Å². The van der Waals surface area contributed by atoms with Crippen LogP contribution in [0.1, 0.15) is 33.6 Å². The first-order valence-corrected chi connectivity index (χ1v) is 6.98. The number of hydrogen-bond acceptors (Lipinski definition) is 4. The third-order valence-corrected chi connectivity index (χ3v) is 3.55. The second-order valence-corrected chi connectivity index (χ2v) is 4.94. The second-order valence-electron chi connectivity index (χ2n) is 4.94. The predicted molar refractivity (Wildman–Crippen MR) is 79.5 cm³/mol. The molecule has 2 amide bonds. The Morgan fingerprint density at radius 1 is 1.29 bits per heavy atom. The van der Waals surface area contributed by atoms with E-state index in [9.17, 15) is 14.4 Å². The molecule has 2 N–H and O–H groups in total. The van der Waals surface area contributed by atoms with Crippen molar-refractivity contribution in [2.75, 3.05) is 32.0 Å². The van der Waals surface area contributed by atoms with Crippen LogP contribution < -0.4 is 10.6 Å². The minimum absolute atomic E-state index is 0.0514. The lowest BCUT2D eigenvalue weighted by Gasteiger charge is -2.16. The number of carbonyl (C=O) groups excluding carboxylic acids is 3. The van der Waals surface area contributed by atoms with Gasteiger partial charge in [-0.05, 0) is 31.0 Å². The van der Waals surface area contributed by atoms with Gasteiger partial charge in [0.1, 0.15) is 0 Å². The van der Waals surface area contributed by atoms with Gasteiger partial charge < -0.3 is 15.5 Å². The number of aldehydes is 1. The molecular formula is C15H19N3O3. The molecule has 112 valence electrons. The molecule has 0 atom stereocenters. The highest BCUT2D eigenvalue weighted by atomic mass is 16.2. The van der Waals surface area contributed by atoms with Crippen LogP contribution in [0.25, 0.3) is 0 Å². The maximum absolute atomic E-state index is 11.9. The molecule has 1 aromatic carbocycles. The van der Waals surface area contributed by atoms with Gasteiger partial charge in [-0.25, -0.2) is 0 Å². The van der Waals surface area contributed by atoms with Gasteiger partial charge in [-0.2, -0.15) is 0 Å². The van der Waals surface area contributed by atoms with Gasteiger partial charge >= 0.3 is 0 Å². The van der Waals surface area contributed by atoms with Crippen molar-refractivity contribution in [3.8, 4) is 0 Å². The van der Waals surface area contributed by atoms with E-state index in [2.05, 4.69) is 10.6 Å². The summed E-state index contributed by atoms with van der Waals surface area (Å²) in [5, 5.41) is 5.48. The Labute approximate surface area is 123 Å². The summed E-state index contributed by atoms with van der Waals surface area (Å²) >= 11 is 0. The normalized spacial score (nSPS) is 13.9. The molecule has 0 spiro atoms. The lowest BCUT2D eigenvalue weighted by Crippen LogP contribution is -2.33. The maximum atomic E-state index is 11.9. The number of benzene rings is 1. The van der Waals surface area contributed by atoms with Crippen LogP contribution in [0.5, 0.6) is 0 Å². The zero-order chi connectivity index (χ0) is 15.2. The van der Waals surface area contributed by atoms with E-state index in [1.165, 1.54) is 7.05 Å². The fraction of sp³-hybridized carbons (Fsp3) is 0.400. The number of amides is 2. The summed E-state index contributed by atoms with van der Waals surface area (Å²) in [6.45, 7) is 1.82. The van der Waals surface area contributed by atoms with Crippen LogP contribution in [0, 0.1) is 0 Å². The van der Waals surface area contributed by atoms with E-state index in [1.807, 2.05) is 4.90 Å². The topological polar surface area (TPSA) is 78.5 Å². The fourth-order valence-corrected chi connectivity index (χ4v) is 2.37. The number of hydrogen-bond donors (Lipinski definition) is 2. The number of nitrogens with zero attached hydrogens (tertiary/aromatic N) is 1. The molecule has 0 bridgehead atoms. The zero-order valence-electron chi connectivity index (χ0n) is 12.0. The molecule has 0 saturated carbocycles. The van der Waals surface area contributed by atoms with Crippen molar-refractivity contribution in [1.82, 2.24) is 10.2 Å². The summed E-state index contributed by atoms with van der Waals surface area (Å²) in [6.07, 6.45) is 2.75. The van der Waals surface area contributed by atoms with Crippen LogP contribution in [-0.2, 0) is 4.79 Å². The number of anilines is 1. The highest BCUT2D eigenvalue weighted by Crippen LogP contribution is 2.15. The molecule has 1 aromatic rings. The molecule has 1 fully saturated rings. The van der Waals surface area contributed by atoms with Crippen LogP contribution in [-0.4, -0.2) is 49.7 Å². The summed E-state index contributed by atoms with van der Waals surface area (Å²) in [6, 6.07) is 4.84. The highest BCUT2D eigenvalue weighted by molar-refractivity contribution is 6.02. The van der Waals surface area contributed by atoms with E-state index in [1.54, 1.807) is 18.2 Å². The summed E-state index contributed by atoms with van der Waals surface area (Å²) in [5.41, 5.74) is 1.27. The van der Waals surface area contributed by atoms with Crippen LogP contribution in [0.15, 0.2) is 18.2 Å². The zero-order valence-corrected chi connectivity index (χ0v) is 12.0. The van der Waals surface area contributed by atoms with E-state index in [0.717, 1.165) is 25.9 Å². The van der Waals surface area contributed by atoms with E-state index < -0.39 is 0 Å². The largest absolute Gasteiger partial charge is 0.376 e. The quantitative estimate of drug-likeness (QED) is 0.789. The Balaban J connectivity index is 2.02. The van der Waals surface area contributed by atoms with Gasteiger partial charge in [0.15, 0.2) is 6.29 Å². The lowest BCUT2D eigenvalue weighted by molar-refractivity contribution is -0.128. The molecule has 1 aliphatic heterocycles. The Morgan fingerprint density at radius 2 is 2.00 bits per heavy atom. The van der Waals surface area contributed by atoms with Crippen molar-refractivity contribution in [1.29, 1.82) is 0 Å². The van der Waals surface area contributed by atoms with Crippen LogP contribution >= 0.6 is 0 Å². The molecule has 1 heterocycles. The number of carbonyl (C=O) groups is 3. The van der Waals surface area contributed by atoms with Gasteiger partial charge in [-0.3, -0.25) is 14.4 Å². The molecule has 0 aliphatic carbocycles. The number of likely N-dealkylation sites (tertiary alicyclic amines) is 1. The van der Waals surface area contributed by atoms with E-state index >= 15 is 0 Å². The standard InChI is InChI=1S/C15H19N3O3/c1-16-15(21)13-5-4-12(8-11(13)10-19)17-9-14(20)18-6-2-3-7-18/h4-5,8,10,17H,2-3,6-7,9H2,1H3,(H,16,21).